The van der Waals surface area contributed by atoms with Gasteiger partial charge >= 0.3 is 5.97 Å². The molecule has 0 amide bonds. The molecule has 3 rings (SSSR count). The molecule has 0 aromatic carbocycles. The maximum Gasteiger partial charge on any atom is 0.371 e. The second-order valence-electron chi connectivity index (χ2n) is 4.70. The number of aromatic carboxylic acids is 1. The lowest BCUT2D eigenvalue weighted by atomic mass is 9.93. The number of carbonyl (C=O) groups is 1. The molecule has 0 bridgehead atoms. The van der Waals surface area contributed by atoms with Crippen molar-refractivity contribution in [2.75, 3.05) is 0 Å². The highest BCUT2D eigenvalue weighted by Crippen LogP contribution is 2.30. The van der Waals surface area contributed by atoms with Crippen molar-refractivity contribution >= 4 is 5.97 Å². The van der Waals surface area contributed by atoms with Gasteiger partial charge < -0.3 is 19.3 Å². The summed E-state index contributed by atoms with van der Waals surface area (Å²) in [4.78, 5) is 10.7. The summed E-state index contributed by atoms with van der Waals surface area (Å²) in [5, 5.41) is 12.2. The van der Waals surface area contributed by atoms with Crippen LogP contribution in [0.25, 0.3) is 0 Å². The molecule has 5 nitrogen and oxygen atoms in total. The van der Waals surface area contributed by atoms with Gasteiger partial charge in [0.05, 0.1) is 12.8 Å². The number of aryl methyl sites for hydroxylation is 1. The van der Waals surface area contributed by atoms with Gasteiger partial charge in [0, 0.05) is 18.0 Å². The second-order valence-corrected chi connectivity index (χ2v) is 4.70. The van der Waals surface area contributed by atoms with Gasteiger partial charge in [-0.25, -0.2) is 4.79 Å². The number of fused-ring (bicyclic) bond motifs is 1. The molecular formula is C14H15NO4. The monoisotopic (exact) mass is 261 g/mol. The molecule has 0 fully saturated rings. The van der Waals surface area contributed by atoms with Crippen molar-refractivity contribution in [2.24, 2.45) is 0 Å². The van der Waals surface area contributed by atoms with E-state index < -0.39 is 5.97 Å². The number of rotatable bonds is 4. The van der Waals surface area contributed by atoms with Gasteiger partial charge in [0.25, 0.3) is 0 Å². The highest BCUT2D eigenvalue weighted by molar-refractivity contribution is 5.84. The predicted octanol–water partition coefficient (Wildman–Crippen LogP) is 2.74. The minimum Gasteiger partial charge on any atom is -0.475 e. The van der Waals surface area contributed by atoms with Crippen molar-refractivity contribution in [2.45, 2.75) is 31.8 Å². The molecular weight excluding hydrogens is 246 g/mol. The first-order chi connectivity index (χ1) is 9.24. The van der Waals surface area contributed by atoms with E-state index >= 15 is 0 Å². The van der Waals surface area contributed by atoms with Crippen LogP contribution in [0.5, 0.6) is 0 Å². The fraction of sp³-hybridized carbons (Fsp3) is 0.357. The van der Waals surface area contributed by atoms with Gasteiger partial charge in [-0.1, -0.05) is 0 Å². The van der Waals surface area contributed by atoms with Crippen molar-refractivity contribution in [3.63, 3.8) is 0 Å². The normalized spacial score (nSPS) is 18.2. The zero-order chi connectivity index (χ0) is 13.2. The van der Waals surface area contributed by atoms with E-state index in [0.29, 0.717) is 12.3 Å². The first-order valence-corrected chi connectivity index (χ1v) is 6.35. The molecule has 1 aliphatic carbocycles. The molecule has 1 aliphatic rings. The molecule has 0 radical (unpaired) electrons. The summed E-state index contributed by atoms with van der Waals surface area (Å²) in [5.74, 6) is 0.618. The third kappa shape index (κ3) is 2.42. The first-order valence-electron chi connectivity index (χ1n) is 6.35. The van der Waals surface area contributed by atoms with Gasteiger partial charge in [0.2, 0.25) is 5.76 Å². The largest absolute Gasteiger partial charge is 0.475 e. The van der Waals surface area contributed by atoms with Crippen LogP contribution in [0.1, 0.15) is 46.5 Å². The lowest BCUT2D eigenvalue weighted by Gasteiger charge is -2.22. The smallest absolute Gasteiger partial charge is 0.371 e. The molecule has 0 saturated carbocycles. The number of nitrogens with one attached hydrogen (secondary N) is 1. The van der Waals surface area contributed by atoms with E-state index in [1.807, 2.05) is 6.07 Å². The summed E-state index contributed by atoms with van der Waals surface area (Å²) in [7, 11) is 0. The van der Waals surface area contributed by atoms with Gasteiger partial charge in [-0.05, 0) is 31.0 Å². The Morgan fingerprint density at radius 1 is 1.42 bits per heavy atom. The van der Waals surface area contributed by atoms with Crippen LogP contribution in [0.3, 0.4) is 0 Å². The molecule has 2 aromatic rings. The Bertz CT molecular complexity index is 584. The molecule has 2 heterocycles. The topological polar surface area (TPSA) is 75.6 Å². The summed E-state index contributed by atoms with van der Waals surface area (Å²) >= 11 is 0. The third-order valence-electron chi connectivity index (χ3n) is 3.45. The molecule has 19 heavy (non-hydrogen) atoms. The quantitative estimate of drug-likeness (QED) is 0.885. The van der Waals surface area contributed by atoms with E-state index in [-0.39, 0.29) is 11.8 Å². The van der Waals surface area contributed by atoms with Gasteiger partial charge in [-0.2, -0.15) is 0 Å². The summed E-state index contributed by atoms with van der Waals surface area (Å²) in [6.07, 6.45) is 4.86. The van der Waals surface area contributed by atoms with Crippen LogP contribution in [0.2, 0.25) is 0 Å². The van der Waals surface area contributed by atoms with Crippen LogP contribution in [0, 0.1) is 0 Å². The zero-order valence-corrected chi connectivity index (χ0v) is 10.4. The maximum atomic E-state index is 10.7. The molecule has 2 aromatic heterocycles. The highest BCUT2D eigenvalue weighted by Gasteiger charge is 2.22. The Hall–Kier alpha value is -2.01. The van der Waals surface area contributed by atoms with Gasteiger partial charge in [0.15, 0.2) is 0 Å². The summed E-state index contributed by atoms with van der Waals surface area (Å²) in [6.45, 7) is 0.516. The molecule has 0 spiro atoms. The van der Waals surface area contributed by atoms with Crippen LogP contribution in [-0.2, 0) is 13.0 Å². The number of hydrogen-bond acceptors (Lipinski definition) is 4. The minimum absolute atomic E-state index is 0.0237. The Morgan fingerprint density at radius 2 is 2.32 bits per heavy atom. The van der Waals surface area contributed by atoms with Crippen molar-refractivity contribution in [1.82, 2.24) is 5.32 Å². The summed E-state index contributed by atoms with van der Waals surface area (Å²) in [5.41, 5.74) is 1.20. The molecule has 1 unspecified atom stereocenters. The maximum absolute atomic E-state index is 10.7. The molecule has 0 saturated heterocycles. The van der Waals surface area contributed by atoms with Crippen LogP contribution in [0.4, 0.5) is 0 Å². The molecule has 0 aliphatic heterocycles. The summed E-state index contributed by atoms with van der Waals surface area (Å²) in [6, 6.07) is 5.41. The van der Waals surface area contributed by atoms with E-state index in [4.69, 9.17) is 13.9 Å². The van der Waals surface area contributed by atoms with Crippen molar-refractivity contribution < 1.29 is 18.7 Å². The fourth-order valence-electron chi connectivity index (χ4n) is 2.51. The standard InChI is InChI=1S/C14H15NO4/c16-14(17)13-5-4-9(19-13)8-15-11-2-1-3-12-10(11)6-7-18-12/h4-7,11,15H,1-3,8H2,(H,16,17). The van der Waals surface area contributed by atoms with Crippen LogP contribution in [0.15, 0.2) is 33.3 Å². The lowest BCUT2D eigenvalue weighted by molar-refractivity contribution is 0.0660. The first kappa shape index (κ1) is 12.0. The number of carboxylic acid groups (broad SMARTS) is 1. The van der Waals surface area contributed by atoms with E-state index in [9.17, 15) is 4.79 Å². The lowest BCUT2D eigenvalue weighted by Crippen LogP contribution is -2.23. The van der Waals surface area contributed by atoms with E-state index in [1.165, 1.54) is 11.6 Å². The van der Waals surface area contributed by atoms with Crippen LogP contribution in [-0.4, -0.2) is 11.1 Å². The second kappa shape index (κ2) is 4.93. The van der Waals surface area contributed by atoms with Gasteiger partial charge in [-0.3, -0.25) is 0 Å². The Morgan fingerprint density at radius 3 is 3.11 bits per heavy atom. The Labute approximate surface area is 110 Å². The van der Waals surface area contributed by atoms with Crippen LogP contribution >= 0.6 is 0 Å². The molecule has 5 heteroatoms. The average Bonchev–Trinajstić information content (AvgIpc) is 3.05. The van der Waals surface area contributed by atoms with E-state index in [0.717, 1.165) is 25.0 Å². The zero-order valence-electron chi connectivity index (χ0n) is 10.4. The average molecular weight is 261 g/mol. The fourth-order valence-corrected chi connectivity index (χ4v) is 2.51. The van der Waals surface area contributed by atoms with Gasteiger partial charge in [-0.15, -0.1) is 0 Å². The number of furan rings is 2. The Balaban J connectivity index is 1.65. The Kier molecular flexibility index (Phi) is 3.13. The molecule has 1 atom stereocenters. The number of hydrogen-bond donors (Lipinski definition) is 2. The van der Waals surface area contributed by atoms with Crippen molar-refractivity contribution in [3.05, 3.63) is 47.3 Å². The number of carboxylic acids is 1. The van der Waals surface area contributed by atoms with E-state index in [1.54, 1.807) is 12.3 Å². The van der Waals surface area contributed by atoms with Gasteiger partial charge in [0.1, 0.15) is 11.5 Å². The van der Waals surface area contributed by atoms with Crippen molar-refractivity contribution in [1.29, 1.82) is 0 Å². The minimum atomic E-state index is -1.04. The summed E-state index contributed by atoms with van der Waals surface area (Å²) < 4.78 is 10.7. The molecule has 2 N–H and O–H groups in total. The molecule has 100 valence electrons. The van der Waals surface area contributed by atoms with Crippen molar-refractivity contribution in [3.8, 4) is 0 Å². The van der Waals surface area contributed by atoms with Crippen LogP contribution < -0.4 is 5.32 Å². The highest BCUT2D eigenvalue weighted by atomic mass is 16.4. The SMILES string of the molecule is O=C(O)c1ccc(CNC2CCCc3occc32)o1. The van der Waals surface area contributed by atoms with E-state index in [2.05, 4.69) is 5.32 Å². The predicted molar refractivity (Wildman–Crippen MR) is 66.9 cm³/mol. The third-order valence-corrected chi connectivity index (χ3v) is 3.45.